The first-order valence-corrected chi connectivity index (χ1v) is 10.0. The van der Waals surface area contributed by atoms with Crippen molar-refractivity contribution < 1.29 is 17.9 Å². The fourth-order valence-corrected chi connectivity index (χ4v) is 3.86. The van der Waals surface area contributed by atoms with Gasteiger partial charge in [-0.25, -0.2) is 8.42 Å². The van der Waals surface area contributed by atoms with E-state index in [9.17, 15) is 13.2 Å². The number of sulfonamides is 1. The number of nitrogens with two attached hydrogens (primary N) is 1. The highest BCUT2D eigenvalue weighted by atomic mass is 35.5. The molecule has 1 amide bonds. The molecule has 0 spiro atoms. The van der Waals surface area contributed by atoms with Crippen LogP contribution in [0.5, 0.6) is 5.75 Å². The molecule has 0 saturated carbocycles. The standard InChI is InChI=1S/C19H25N3O4S.ClH/c1-22(14-15-7-4-3-5-8-15)27(24,25)18-13-16(9-10-17(18)26-2)19(23)21-12-6-11-20;/h3-5,7-10,13H,6,11-12,14,20H2,1-2H3,(H,21,23);1H. The van der Waals surface area contributed by atoms with Crippen molar-refractivity contribution in [3.05, 3.63) is 59.7 Å². The number of rotatable bonds is 9. The molecular weight excluding hydrogens is 402 g/mol. The third kappa shape index (κ3) is 5.93. The average Bonchev–Trinajstić information content (AvgIpc) is 2.68. The summed E-state index contributed by atoms with van der Waals surface area (Å²) in [4.78, 5) is 12.2. The molecule has 28 heavy (non-hydrogen) atoms. The van der Waals surface area contributed by atoms with Crippen LogP contribution in [0.25, 0.3) is 0 Å². The van der Waals surface area contributed by atoms with Gasteiger partial charge >= 0.3 is 0 Å². The summed E-state index contributed by atoms with van der Waals surface area (Å²) in [6.45, 7) is 1.10. The van der Waals surface area contributed by atoms with Crippen molar-refractivity contribution in [2.24, 2.45) is 5.73 Å². The Kier molecular flexibility index (Phi) is 9.40. The zero-order valence-corrected chi connectivity index (χ0v) is 17.6. The highest BCUT2D eigenvalue weighted by Crippen LogP contribution is 2.28. The van der Waals surface area contributed by atoms with Gasteiger partial charge in [0, 0.05) is 25.7 Å². The Balaban J connectivity index is 0.00000392. The van der Waals surface area contributed by atoms with Gasteiger partial charge in [0.15, 0.2) is 0 Å². The Morgan fingerprint density at radius 2 is 1.86 bits per heavy atom. The SMILES string of the molecule is COc1ccc(C(=O)NCCCN)cc1S(=O)(=O)N(C)Cc1ccccc1.Cl. The second kappa shape index (κ2) is 11.0. The molecule has 0 heterocycles. The number of hydrogen-bond acceptors (Lipinski definition) is 5. The monoisotopic (exact) mass is 427 g/mol. The molecule has 0 aliphatic heterocycles. The largest absolute Gasteiger partial charge is 0.495 e. The Bertz CT molecular complexity index is 876. The summed E-state index contributed by atoms with van der Waals surface area (Å²) in [5, 5.41) is 2.72. The van der Waals surface area contributed by atoms with E-state index in [1.54, 1.807) is 0 Å². The molecule has 0 radical (unpaired) electrons. The number of ether oxygens (including phenoxy) is 1. The van der Waals surface area contributed by atoms with Crippen molar-refractivity contribution in [3.8, 4) is 5.75 Å². The number of carbonyl (C=O) groups excluding carboxylic acids is 1. The molecule has 0 saturated heterocycles. The number of benzene rings is 2. The van der Waals surface area contributed by atoms with Crippen molar-refractivity contribution >= 4 is 28.3 Å². The summed E-state index contributed by atoms with van der Waals surface area (Å²) in [5.41, 5.74) is 6.53. The minimum atomic E-state index is -3.85. The maximum absolute atomic E-state index is 13.0. The zero-order chi connectivity index (χ0) is 19.9. The molecule has 0 atom stereocenters. The highest BCUT2D eigenvalue weighted by molar-refractivity contribution is 7.89. The smallest absolute Gasteiger partial charge is 0.251 e. The van der Waals surface area contributed by atoms with Crippen molar-refractivity contribution in [1.29, 1.82) is 0 Å². The van der Waals surface area contributed by atoms with Gasteiger partial charge < -0.3 is 15.8 Å². The minimum Gasteiger partial charge on any atom is -0.495 e. The predicted molar refractivity (Wildman–Crippen MR) is 111 cm³/mol. The summed E-state index contributed by atoms with van der Waals surface area (Å²) >= 11 is 0. The normalized spacial score (nSPS) is 11.0. The Labute approximate surface area is 172 Å². The molecule has 2 rings (SSSR count). The van der Waals surface area contributed by atoms with Crippen molar-refractivity contribution in [2.75, 3.05) is 27.2 Å². The number of nitrogens with one attached hydrogen (secondary N) is 1. The van der Waals surface area contributed by atoms with Crippen LogP contribution in [0.15, 0.2) is 53.4 Å². The molecule has 0 unspecified atom stereocenters. The number of hydrogen-bond donors (Lipinski definition) is 2. The van der Waals surface area contributed by atoms with Gasteiger partial charge in [0.05, 0.1) is 7.11 Å². The van der Waals surface area contributed by atoms with Crippen molar-refractivity contribution in [3.63, 3.8) is 0 Å². The molecule has 3 N–H and O–H groups in total. The second-order valence-electron chi connectivity index (χ2n) is 6.01. The van der Waals surface area contributed by atoms with E-state index in [4.69, 9.17) is 10.5 Å². The Hall–Kier alpha value is -2.13. The lowest BCUT2D eigenvalue weighted by Gasteiger charge is -2.19. The first-order chi connectivity index (χ1) is 12.9. The molecular formula is C19H26ClN3O4S. The lowest BCUT2D eigenvalue weighted by molar-refractivity contribution is 0.0953. The van der Waals surface area contributed by atoms with Gasteiger partial charge in [-0.2, -0.15) is 4.31 Å². The van der Waals surface area contributed by atoms with E-state index in [1.807, 2.05) is 30.3 Å². The first-order valence-electron chi connectivity index (χ1n) is 8.56. The van der Waals surface area contributed by atoms with E-state index < -0.39 is 10.0 Å². The van der Waals surface area contributed by atoms with Gasteiger partial charge in [0.1, 0.15) is 10.6 Å². The van der Waals surface area contributed by atoms with Crippen LogP contribution in [0.3, 0.4) is 0 Å². The quantitative estimate of drug-likeness (QED) is 0.596. The summed E-state index contributed by atoms with van der Waals surface area (Å²) in [5.74, 6) is -0.165. The zero-order valence-electron chi connectivity index (χ0n) is 15.9. The number of halogens is 1. The number of nitrogens with zero attached hydrogens (tertiary/aromatic N) is 1. The summed E-state index contributed by atoms with van der Waals surface area (Å²) in [7, 11) is -0.962. The van der Waals surface area contributed by atoms with Crippen LogP contribution in [0.4, 0.5) is 0 Å². The molecule has 9 heteroatoms. The molecule has 0 aliphatic rings. The summed E-state index contributed by atoms with van der Waals surface area (Å²) in [6, 6.07) is 13.6. The third-order valence-corrected chi connectivity index (χ3v) is 5.85. The molecule has 0 bridgehead atoms. The van der Waals surface area contributed by atoms with Crippen LogP contribution >= 0.6 is 12.4 Å². The van der Waals surface area contributed by atoms with Gasteiger partial charge in [-0.15, -0.1) is 12.4 Å². The molecule has 2 aromatic rings. The number of methoxy groups -OCH3 is 1. The van der Waals surface area contributed by atoms with Crippen LogP contribution < -0.4 is 15.8 Å². The topological polar surface area (TPSA) is 102 Å². The van der Waals surface area contributed by atoms with Gasteiger partial charge in [-0.05, 0) is 36.7 Å². The molecule has 0 aliphatic carbocycles. The lowest BCUT2D eigenvalue weighted by Crippen LogP contribution is -2.28. The minimum absolute atomic E-state index is 0. The van der Waals surface area contributed by atoms with E-state index in [0.29, 0.717) is 19.5 Å². The number of carbonyl (C=O) groups is 1. The van der Waals surface area contributed by atoms with Crippen molar-refractivity contribution in [2.45, 2.75) is 17.9 Å². The lowest BCUT2D eigenvalue weighted by atomic mass is 10.2. The van der Waals surface area contributed by atoms with E-state index in [0.717, 1.165) is 5.56 Å². The predicted octanol–water partition coefficient (Wildman–Crippen LogP) is 2.02. The summed E-state index contributed by atoms with van der Waals surface area (Å²) in [6.07, 6.45) is 0.646. The fourth-order valence-electron chi connectivity index (χ4n) is 2.52. The highest BCUT2D eigenvalue weighted by Gasteiger charge is 2.26. The van der Waals surface area contributed by atoms with Crippen LogP contribution in [0.2, 0.25) is 0 Å². The molecule has 0 aromatic heterocycles. The van der Waals surface area contributed by atoms with Crippen LogP contribution in [-0.4, -0.2) is 45.9 Å². The van der Waals surface area contributed by atoms with Gasteiger partial charge in [-0.1, -0.05) is 30.3 Å². The molecule has 154 valence electrons. The number of amides is 1. The molecule has 0 fully saturated rings. The maximum Gasteiger partial charge on any atom is 0.251 e. The van der Waals surface area contributed by atoms with E-state index >= 15 is 0 Å². The van der Waals surface area contributed by atoms with E-state index in [2.05, 4.69) is 5.32 Å². The molecule has 7 nitrogen and oxygen atoms in total. The van der Waals surface area contributed by atoms with Crippen LogP contribution in [0, 0.1) is 0 Å². The van der Waals surface area contributed by atoms with Crippen molar-refractivity contribution in [1.82, 2.24) is 9.62 Å². The molecule has 2 aromatic carbocycles. The second-order valence-corrected chi connectivity index (χ2v) is 8.02. The average molecular weight is 428 g/mol. The van der Waals surface area contributed by atoms with Crippen LogP contribution in [-0.2, 0) is 16.6 Å². The fraction of sp³-hybridized carbons (Fsp3) is 0.316. The maximum atomic E-state index is 13.0. The van der Waals surface area contributed by atoms with Crippen LogP contribution in [0.1, 0.15) is 22.3 Å². The van der Waals surface area contributed by atoms with E-state index in [1.165, 1.54) is 36.7 Å². The Morgan fingerprint density at radius 1 is 1.18 bits per heavy atom. The Morgan fingerprint density at radius 3 is 2.46 bits per heavy atom. The summed E-state index contributed by atoms with van der Waals surface area (Å²) < 4.78 is 32.5. The van der Waals surface area contributed by atoms with Gasteiger partial charge in [-0.3, -0.25) is 4.79 Å². The van der Waals surface area contributed by atoms with E-state index in [-0.39, 0.29) is 41.1 Å². The van der Waals surface area contributed by atoms with Gasteiger partial charge in [0.25, 0.3) is 5.91 Å². The van der Waals surface area contributed by atoms with Gasteiger partial charge in [0.2, 0.25) is 10.0 Å². The third-order valence-electron chi connectivity index (χ3n) is 4.03. The first kappa shape index (κ1) is 23.9.